The van der Waals surface area contributed by atoms with Crippen molar-refractivity contribution in [2.75, 3.05) is 23.7 Å². The van der Waals surface area contributed by atoms with Gasteiger partial charge in [-0.15, -0.1) is 0 Å². The summed E-state index contributed by atoms with van der Waals surface area (Å²) in [4.78, 5) is 14.4. The van der Waals surface area contributed by atoms with E-state index in [1.54, 1.807) is 13.0 Å². The van der Waals surface area contributed by atoms with Gasteiger partial charge in [-0.1, -0.05) is 0 Å². The third kappa shape index (κ3) is 3.87. The lowest BCUT2D eigenvalue weighted by molar-refractivity contribution is -0.384. The average molecular weight is 240 g/mol. The number of aliphatic hydroxyl groups excluding tert-OH is 1. The monoisotopic (exact) mass is 240 g/mol. The first-order chi connectivity index (χ1) is 8.04. The Morgan fingerprint density at radius 3 is 2.76 bits per heavy atom. The molecule has 0 aromatic carbocycles. The predicted octanol–water partition coefficient (Wildman–Crippen LogP) is 1.21. The standard InChI is InChI=1S/C10H16N4O3/c1-3-11-9-5-4-8(14(16)17)10(13-9)12-6-7(2)15/h4-5,7,15H,3,6H2,1-2H3,(H2,11,12,13). The molecule has 94 valence electrons. The average Bonchev–Trinajstić information content (AvgIpc) is 2.26. The molecule has 0 aliphatic rings. The van der Waals surface area contributed by atoms with Crippen molar-refractivity contribution in [2.45, 2.75) is 20.0 Å². The van der Waals surface area contributed by atoms with E-state index in [2.05, 4.69) is 15.6 Å². The topological polar surface area (TPSA) is 100 Å². The second-order valence-corrected chi connectivity index (χ2v) is 3.58. The van der Waals surface area contributed by atoms with Crippen LogP contribution in [0.4, 0.5) is 17.3 Å². The van der Waals surface area contributed by atoms with Gasteiger partial charge in [-0.3, -0.25) is 10.1 Å². The van der Waals surface area contributed by atoms with Gasteiger partial charge in [0.25, 0.3) is 0 Å². The Kier molecular flexibility index (Phi) is 4.65. The molecule has 0 radical (unpaired) electrons. The maximum absolute atomic E-state index is 10.8. The van der Waals surface area contributed by atoms with Crippen LogP contribution in [0.3, 0.4) is 0 Å². The van der Waals surface area contributed by atoms with E-state index in [1.165, 1.54) is 6.07 Å². The van der Waals surface area contributed by atoms with E-state index in [9.17, 15) is 10.1 Å². The molecule has 0 fully saturated rings. The predicted molar refractivity (Wildman–Crippen MR) is 65.2 cm³/mol. The highest BCUT2D eigenvalue weighted by molar-refractivity contribution is 5.60. The van der Waals surface area contributed by atoms with Crippen LogP contribution in [0.2, 0.25) is 0 Å². The summed E-state index contributed by atoms with van der Waals surface area (Å²) in [6, 6.07) is 2.94. The molecule has 1 atom stereocenters. The molecule has 7 heteroatoms. The van der Waals surface area contributed by atoms with Crippen LogP contribution in [-0.4, -0.2) is 34.2 Å². The highest BCUT2D eigenvalue weighted by Gasteiger charge is 2.15. The van der Waals surface area contributed by atoms with E-state index in [4.69, 9.17) is 5.11 Å². The van der Waals surface area contributed by atoms with E-state index in [1.807, 2.05) is 6.92 Å². The zero-order valence-corrected chi connectivity index (χ0v) is 9.80. The highest BCUT2D eigenvalue weighted by atomic mass is 16.6. The minimum absolute atomic E-state index is 0.104. The SMILES string of the molecule is CCNc1ccc([N+](=O)[O-])c(NCC(C)O)n1. The molecule has 1 unspecified atom stereocenters. The second kappa shape index (κ2) is 6.00. The fraction of sp³-hybridized carbons (Fsp3) is 0.500. The molecule has 3 N–H and O–H groups in total. The number of nitro groups is 1. The quantitative estimate of drug-likeness (QED) is 0.510. The van der Waals surface area contributed by atoms with Crippen LogP contribution < -0.4 is 10.6 Å². The molecule has 1 heterocycles. The van der Waals surface area contributed by atoms with Crippen LogP contribution in [0.15, 0.2) is 12.1 Å². The number of pyridine rings is 1. The maximum atomic E-state index is 10.8. The summed E-state index contributed by atoms with van der Waals surface area (Å²) in [6.07, 6.45) is -0.598. The number of aliphatic hydroxyl groups is 1. The number of hydrogen-bond donors (Lipinski definition) is 3. The lowest BCUT2D eigenvalue weighted by Gasteiger charge is -2.09. The van der Waals surface area contributed by atoms with Gasteiger partial charge in [0.05, 0.1) is 11.0 Å². The molecule has 7 nitrogen and oxygen atoms in total. The molecular formula is C10H16N4O3. The summed E-state index contributed by atoms with van der Waals surface area (Å²) in [5, 5.41) is 25.6. The number of aromatic nitrogens is 1. The van der Waals surface area contributed by atoms with Crippen LogP contribution >= 0.6 is 0 Å². The second-order valence-electron chi connectivity index (χ2n) is 3.58. The summed E-state index contributed by atoms with van der Waals surface area (Å²) in [7, 11) is 0. The lowest BCUT2D eigenvalue weighted by atomic mass is 10.3. The fourth-order valence-corrected chi connectivity index (χ4v) is 1.25. The van der Waals surface area contributed by atoms with Crippen molar-refractivity contribution >= 4 is 17.3 Å². The number of anilines is 2. The van der Waals surface area contributed by atoms with E-state index in [-0.39, 0.29) is 18.1 Å². The van der Waals surface area contributed by atoms with Crippen molar-refractivity contribution in [3.8, 4) is 0 Å². The summed E-state index contributed by atoms with van der Waals surface area (Å²) >= 11 is 0. The maximum Gasteiger partial charge on any atom is 0.311 e. The van der Waals surface area contributed by atoms with Crippen molar-refractivity contribution < 1.29 is 10.0 Å². The Morgan fingerprint density at radius 1 is 1.53 bits per heavy atom. The molecule has 17 heavy (non-hydrogen) atoms. The Morgan fingerprint density at radius 2 is 2.24 bits per heavy atom. The van der Waals surface area contributed by atoms with Crippen LogP contribution in [0.1, 0.15) is 13.8 Å². The van der Waals surface area contributed by atoms with Gasteiger partial charge < -0.3 is 15.7 Å². The molecule has 0 bridgehead atoms. The molecular weight excluding hydrogens is 224 g/mol. The molecule has 1 rings (SSSR count). The third-order valence-electron chi connectivity index (χ3n) is 1.99. The Hall–Kier alpha value is -1.89. The number of nitrogens with zero attached hydrogens (tertiary/aromatic N) is 2. The zero-order valence-electron chi connectivity index (χ0n) is 9.80. The van der Waals surface area contributed by atoms with E-state index in [0.29, 0.717) is 12.4 Å². The van der Waals surface area contributed by atoms with Crippen molar-refractivity contribution in [1.82, 2.24) is 4.98 Å². The van der Waals surface area contributed by atoms with Crippen molar-refractivity contribution in [3.05, 3.63) is 22.2 Å². The van der Waals surface area contributed by atoms with Crippen LogP contribution in [-0.2, 0) is 0 Å². The van der Waals surface area contributed by atoms with Crippen LogP contribution in [0.25, 0.3) is 0 Å². The Bertz CT molecular complexity index is 395. The normalized spacial score (nSPS) is 11.9. The van der Waals surface area contributed by atoms with Gasteiger partial charge in [0.2, 0.25) is 5.82 Å². The van der Waals surface area contributed by atoms with E-state index < -0.39 is 11.0 Å². The minimum Gasteiger partial charge on any atom is -0.392 e. The van der Waals surface area contributed by atoms with E-state index >= 15 is 0 Å². The molecule has 0 aliphatic heterocycles. The lowest BCUT2D eigenvalue weighted by Crippen LogP contribution is -2.17. The summed E-state index contributed by atoms with van der Waals surface area (Å²) in [5.74, 6) is 0.723. The number of rotatable bonds is 6. The van der Waals surface area contributed by atoms with E-state index in [0.717, 1.165) is 0 Å². The van der Waals surface area contributed by atoms with Crippen molar-refractivity contribution in [2.24, 2.45) is 0 Å². The molecule has 0 amide bonds. The van der Waals surface area contributed by atoms with Gasteiger partial charge in [-0.2, -0.15) is 0 Å². The van der Waals surface area contributed by atoms with Crippen molar-refractivity contribution in [1.29, 1.82) is 0 Å². The van der Waals surface area contributed by atoms with Gasteiger partial charge in [-0.05, 0) is 19.9 Å². The zero-order chi connectivity index (χ0) is 12.8. The minimum atomic E-state index is -0.598. The fourth-order valence-electron chi connectivity index (χ4n) is 1.25. The summed E-state index contributed by atoms with van der Waals surface area (Å²) < 4.78 is 0. The summed E-state index contributed by atoms with van der Waals surface area (Å²) in [5.41, 5.74) is -0.104. The van der Waals surface area contributed by atoms with Gasteiger partial charge >= 0.3 is 5.69 Å². The summed E-state index contributed by atoms with van der Waals surface area (Å²) in [6.45, 7) is 4.39. The molecule has 0 saturated heterocycles. The number of nitrogens with one attached hydrogen (secondary N) is 2. The molecule has 0 aliphatic carbocycles. The van der Waals surface area contributed by atoms with Gasteiger partial charge in [0.1, 0.15) is 5.82 Å². The van der Waals surface area contributed by atoms with Crippen LogP contribution in [0, 0.1) is 10.1 Å². The first-order valence-electron chi connectivity index (χ1n) is 5.35. The van der Waals surface area contributed by atoms with Gasteiger partial charge in [0, 0.05) is 19.2 Å². The highest BCUT2D eigenvalue weighted by Crippen LogP contribution is 2.23. The van der Waals surface area contributed by atoms with Crippen LogP contribution in [0.5, 0.6) is 0 Å². The first-order valence-corrected chi connectivity index (χ1v) is 5.35. The van der Waals surface area contributed by atoms with Crippen molar-refractivity contribution in [3.63, 3.8) is 0 Å². The van der Waals surface area contributed by atoms with Gasteiger partial charge in [-0.25, -0.2) is 4.98 Å². The number of hydrogen-bond acceptors (Lipinski definition) is 6. The third-order valence-corrected chi connectivity index (χ3v) is 1.99. The molecule has 0 saturated carbocycles. The van der Waals surface area contributed by atoms with Gasteiger partial charge in [0.15, 0.2) is 0 Å². The Labute approximate surface area is 99.0 Å². The molecule has 1 aromatic heterocycles. The Balaban J connectivity index is 2.94. The first kappa shape index (κ1) is 13.2. The smallest absolute Gasteiger partial charge is 0.311 e. The molecule has 0 spiro atoms. The largest absolute Gasteiger partial charge is 0.392 e. The molecule has 1 aromatic rings.